The van der Waals surface area contributed by atoms with Gasteiger partial charge in [0, 0.05) is 37.3 Å². The lowest BCUT2D eigenvalue weighted by molar-refractivity contribution is -0.918. The van der Waals surface area contributed by atoms with Crippen molar-refractivity contribution in [1.82, 2.24) is 5.32 Å². The van der Waals surface area contributed by atoms with Crippen LogP contribution >= 0.6 is 0 Å². The Morgan fingerprint density at radius 1 is 1.10 bits per heavy atom. The van der Waals surface area contributed by atoms with Crippen LogP contribution in [0.5, 0.6) is 0 Å². The first-order chi connectivity index (χ1) is 15.0. The average molecular weight is 420 g/mol. The van der Waals surface area contributed by atoms with E-state index in [2.05, 4.69) is 34.7 Å². The second-order valence-electron chi connectivity index (χ2n) is 8.70. The van der Waals surface area contributed by atoms with Crippen LogP contribution in [0.3, 0.4) is 0 Å². The summed E-state index contributed by atoms with van der Waals surface area (Å²) >= 11 is 0. The quantitative estimate of drug-likeness (QED) is 0.780. The van der Waals surface area contributed by atoms with Gasteiger partial charge < -0.3 is 10.2 Å². The number of amides is 2. The molecule has 0 aliphatic carbocycles. The van der Waals surface area contributed by atoms with Crippen LogP contribution in [0.4, 0.5) is 5.69 Å². The topological polar surface area (TPSA) is 66.2 Å². The van der Waals surface area contributed by atoms with Gasteiger partial charge in [0.15, 0.2) is 0 Å². The summed E-state index contributed by atoms with van der Waals surface area (Å²) in [4.78, 5) is 26.9. The molecule has 0 unspecified atom stereocenters. The summed E-state index contributed by atoms with van der Waals surface area (Å²) in [6.45, 7) is 7.05. The van der Waals surface area contributed by atoms with Crippen LogP contribution in [-0.2, 0) is 16.1 Å². The first-order valence-corrected chi connectivity index (χ1v) is 11.2. The molecule has 0 aromatic heterocycles. The molecule has 2 N–H and O–H groups in total. The molecule has 2 aliphatic rings. The van der Waals surface area contributed by atoms with Crippen molar-refractivity contribution < 1.29 is 14.5 Å². The molecule has 6 nitrogen and oxygen atoms in total. The maximum absolute atomic E-state index is 12.9. The highest BCUT2D eigenvalue weighted by atomic mass is 16.2. The van der Waals surface area contributed by atoms with Crippen molar-refractivity contribution in [2.45, 2.75) is 52.1 Å². The van der Waals surface area contributed by atoms with Crippen LogP contribution in [0.25, 0.3) is 0 Å². The van der Waals surface area contributed by atoms with Crippen LogP contribution in [0.1, 0.15) is 42.4 Å². The predicted octanol–water partition coefficient (Wildman–Crippen LogP) is 2.15. The van der Waals surface area contributed by atoms with E-state index >= 15 is 0 Å². The van der Waals surface area contributed by atoms with Gasteiger partial charge in [-0.25, -0.2) is 5.01 Å². The van der Waals surface area contributed by atoms with Crippen molar-refractivity contribution in [2.75, 3.05) is 18.1 Å². The van der Waals surface area contributed by atoms with Crippen molar-refractivity contribution in [2.24, 2.45) is 5.10 Å². The molecule has 0 spiro atoms. The largest absolute Gasteiger partial charge is 0.348 e. The Kier molecular flexibility index (Phi) is 6.47. The molecule has 6 heteroatoms. The molecule has 2 aliphatic heterocycles. The van der Waals surface area contributed by atoms with E-state index in [1.807, 2.05) is 38.1 Å². The molecule has 2 aromatic carbocycles. The Hall–Kier alpha value is -2.99. The third kappa shape index (κ3) is 5.20. The number of carbonyl (C=O) groups excluding carboxylic acids is 2. The number of carbonyl (C=O) groups is 2. The Morgan fingerprint density at radius 3 is 2.58 bits per heavy atom. The third-order valence-electron chi connectivity index (χ3n) is 6.21. The summed E-state index contributed by atoms with van der Waals surface area (Å²) in [6.07, 6.45) is 2.62. The van der Waals surface area contributed by atoms with E-state index in [4.69, 9.17) is 0 Å². The highest BCUT2D eigenvalue weighted by Crippen LogP contribution is 2.25. The molecule has 162 valence electrons. The van der Waals surface area contributed by atoms with Crippen LogP contribution in [0.15, 0.2) is 53.6 Å². The van der Waals surface area contributed by atoms with Gasteiger partial charge in [-0.05, 0) is 31.0 Å². The molecular weight excluding hydrogens is 388 g/mol. The summed E-state index contributed by atoms with van der Waals surface area (Å²) in [6, 6.07) is 16.7. The van der Waals surface area contributed by atoms with E-state index in [9.17, 15) is 9.59 Å². The number of anilines is 1. The van der Waals surface area contributed by atoms with Gasteiger partial charge >= 0.3 is 0 Å². The molecule has 2 aromatic rings. The fourth-order valence-corrected chi connectivity index (χ4v) is 4.35. The first-order valence-electron chi connectivity index (χ1n) is 11.2. The van der Waals surface area contributed by atoms with Crippen LogP contribution < -0.4 is 15.2 Å². The highest BCUT2D eigenvalue weighted by molar-refractivity contribution is 6.40. The number of benzene rings is 2. The normalized spacial score (nSPS) is 21.5. The Morgan fingerprint density at radius 2 is 1.84 bits per heavy atom. The second-order valence-corrected chi connectivity index (χ2v) is 8.70. The number of hydrazone groups is 1. The zero-order valence-electron chi connectivity index (χ0n) is 18.4. The van der Waals surface area contributed by atoms with Gasteiger partial charge in [0.1, 0.15) is 12.3 Å². The SMILES string of the molecule is Cc1ccc(C)c(N2N=C(C(=O)NC3CC[NH+](Cc4ccccc4)CC3)CCC2=O)c1. The number of nitrogens with one attached hydrogen (secondary N) is 2. The van der Waals surface area contributed by atoms with Crippen molar-refractivity contribution in [3.05, 3.63) is 65.2 Å². The molecule has 0 atom stereocenters. The van der Waals surface area contributed by atoms with E-state index in [-0.39, 0.29) is 17.9 Å². The summed E-state index contributed by atoms with van der Waals surface area (Å²) in [7, 11) is 0. The molecule has 2 heterocycles. The molecule has 4 rings (SSSR count). The number of piperidine rings is 1. The van der Waals surface area contributed by atoms with E-state index in [1.165, 1.54) is 10.6 Å². The molecule has 0 bridgehead atoms. The lowest BCUT2D eigenvalue weighted by Gasteiger charge is -2.30. The smallest absolute Gasteiger partial charge is 0.267 e. The van der Waals surface area contributed by atoms with Crippen molar-refractivity contribution in [1.29, 1.82) is 0 Å². The average Bonchev–Trinajstić information content (AvgIpc) is 2.78. The van der Waals surface area contributed by atoms with Crippen molar-refractivity contribution >= 4 is 23.2 Å². The zero-order chi connectivity index (χ0) is 21.8. The molecule has 31 heavy (non-hydrogen) atoms. The van der Waals surface area contributed by atoms with Gasteiger partial charge in [0.05, 0.1) is 18.8 Å². The Bertz CT molecular complexity index is 978. The molecule has 2 amide bonds. The van der Waals surface area contributed by atoms with Crippen molar-refractivity contribution in [3.63, 3.8) is 0 Å². The fraction of sp³-hybridized carbons (Fsp3) is 0.400. The van der Waals surface area contributed by atoms with Crippen LogP contribution in [0.2, 0.25) is 0 Å². The van der Waals surface area contributed by atoms with Crippen molar-refractivity contribution in [3.8, 4) is 0 Å². The summed E-state index contributed by atoms with van der Waals surface area (Å²) in [5.74, 6) is -0.206. The predicted molar refractivity (Wildman–Crippen MR) is 122 cm³/mol. The first kappa shape index (κ1) is 21.2. The summed E-state index contributed by atoms with van der Waals surface area (Å²) < 4.78 is 0. The standard InChI is InChI=1S/C25H30N4O2/c1-18-8-9-19(2)23(16-18)29-24(30)11-10-22(27-29)25(31)26-21-12-14-28(15-13-21)17-20-6-4-3-5-7-20/h3-9,16,21H,10-15,17H2,1-2H3,(H,26,31)/p+1. The number of aryl methyl sites for hydroxylation is 2. The molecule has 1 saturated heterocycles. The van der Waals surface area contributed by atoms with E-state index in [0.717, 1.165) is 49.3 Å². The summed E-state index contributed by atoms with van der Waals surface area (Å²) in [5.41, 5.74) is 4.59. The second kappa shape index (κ2) is 9.43. The van der Waals surface area contributed by atoms with E-state index < -0.39 is 0 Å². The zero-order valence-corrected chi connectivity index (χ0v) is 18.4. The van der Waals surface area contributed by atoms with Gasteiger partial charge in [-0.2, -0.15) is 5.10 Å². The Balaban J connectivity index is 1.36. The van der Waals surface area contributed by atoms with Gasteiger partial charge in [0.2, 0.25) is 5.91 Å². The minimum atomic E-state index is -0.140. The Labute approximate surface area is 183 Å². The molecular formula is C25H31N4O2+. The number of rotatable bonds is 5. The highest BCUT2D eigenvalue weighted by Gasteiger charge is 2.29. The maximum atomic E-state index is 12.9. The third-order valence-corrected chi connectivity index (χ3v) is 6.21. The number of hydrogen-bond donors (Lipinski definition) is 2. The summed E-state index contributed by atoms with van der Waals surface area (Å²) in [5, 5.41) is 9.03. The van der Waals surface area contributed by atoms with E-state index in [0.29, 0.717) is 18.6 Å². The maximum Gasteiger partial charge on any atom is 0.267 e. The molecule has 0 radical (unpaired) electrons. The fourth-order valence-electron chi connectivity index (χ4n) is 4.35. The minimum absolute atomic E-state index is 0.0666. The number of hydrogen-bond acceptors (Lipinski definition) is 3. The molecule has 0 saturated carbocycles. The van der Waals surface area contributed by atoms with Gasteiger partial charge in [0.25, 0.3) is 5.91 Å². The van der Waals surface area contributed by atoms with Crippen LogP contribution in [0, 0.1) is 13.8 Å². The number of likely N-dealkylation sites (tertiary alicyclic amines) is 1. The van der Waals surface area contributed by atoms with E-state index in [1.54, 1.807) is 4.90 Å². The minimum Gasteiger partial charge on any atom is -0.348 e. The molecule has 1 fully saturated rings. The lowest BCUT2D eigenvalue weighted by atomic mass is 10.0. The lowest BCUT2D eigenvalue weighted by Crippen LogP contribution is -3.12. The monoisotopic (exact) mass is 419 g/mol. The number of nitrogens with zero attached hydrogens (tertiary/aromatic N) is 2. The van der Waals surface area contributed by atoms with Gasteiger partial charge in [-0.3, -0.25) is 9.59 Å². The van der Waals surface area contributed by atoms with Crippen LogP contribution in [-0.4, -0.2) is 36.7 Å². The van der Waals surface area contributed by atoms with Gasteiger partial charge in [-0.15, -0.1) is 0 Å². The number of quaternary nitrogens is 1. The van der Waals surface area contributed by atoms with Gasteiger partial charge in [-0.1, -0.05) is 42.5 Å².